The van der Waals surface area contributed by atoms with Gasteiger partial charge in [0, 0.05) is 36.5 Å². The van der Waals surface area contributed by atoms with Gasteiger partial charge in [-0.1, -0.05) is 0 Å². The van der Waals surface area contributed by atoms with Gasteiger partial charge in [-0.15, -0.1) is 0 Å². The van der Waals surface area contributed by atoms with Crippen molar-refractivity contribution >= 4 is 40.4 Å². The number of methoxy groups -OCH3 is 1. The fourth-order valence-electron chi connectivity index (χ4n) is 4.34. The van der Waals surface area contributed by atoms with Crippen LogP contribution in [0, 0.1) is 0 Å². The van der Waals surface area contributed by atoms with Crippen LogP contribution in [0.5, 0.6) is 5.75 Å². The SMILES string of the molecule is CCOC(=O)C(N)=C1CCN(c2ccc(N3CCCC(=O)C3)cc2)C(=O)C1=Nc1ccc(OC)cc1. The minimum atomic E-state index is -0.670. The summed E-state index contributed by atoms with van der Waals surface area (Å²) in [7, 11) is 1.57. The van der Waals surface area contributed by atoms with E-state index in [1.165, 1.54) is 0 Å². The average Bonchev–Trinajstić information content (AvgIpc) is 2.90. The normalized spacial score (nSPS) is 18.9. The number of piperidine rings is 2. The van der Waals surface area contributed by atoms with E-state index in [0.29, 0.717) is 48.6 Å². The molecule has 2 heterocycles. The van der Waals surface area contributed by atoms with Crippen LogP contribution in [0.2, 0.25) is 0 Å². The van der Waals surface area contributed by atoms with Gasteiger partial charge in [0.1, 0.15) is 17.2 Å². The van der Waals surface area contributed by atoms with Crippen molar-refractivity contribution in [3.05, 3.63) is 59.8 Å². The number of aliphatic imine (C=N–C) groups is 1. The van der Waals surface area contributed by atoms with Crippen LogP contribution in [0.15, 0.2) is 64.8 Å². The van der Waals surface area contributed by atoms with Gasteiger partial charge in [0.25, 0.3) is 5.91 Å². The zero-order valence-corrected chi connectivity index (χ0v) is 20.5. The van der Waals surface area contributed by atoms with Crippen LogP contribution in [-0.2, 0) is 19.1 Å². The van der Waals surface area contributed by atoms with Crippen molar-refractivity contribution in [3.63, 3.8) is 0 Å². The number of ether oxygens (including phenoxy) is 2. The first-order chi connectivity index (χ1) is 17.4. The Labute approximate surface area is 210 Å². The zero-order valence-electron chi connectivity index (χ0n) is 20.5. The minimum absolute atomic E-state index is 0.0997. The van der Waals surface area contributed by atoms with E-state index in [2.05, 4.69) is 4.99 Å². The Balaban J connectivity index is 1.65. The molecule has 0 radical (unpaired) electrons. The summed E-state index contributed by atoms with van der Waals surface area (Å²) in [4.78, 5) is 46.1. The number of carbonyl (C=O) groups is 3. The topological polar surface area (TPSA) is 115 Å². The Bertz CT molecular complexity index is 1200. The van der Waals surface area contributed by atoms with E-state index in [-0.39, 0.29) is 29.7 Å². The van der Waals surface area contributed by atoms with Gasteiger partial charge < -0.3 is 25.0 Å². The van der Waals surface area contributed by atoms with Crippen molar-refractivity contribution in [3.8, 4) is 5.75 Å². The van der Waals surface area contributed by atoms with Gasteiger partial charge in [0.2, 0.25) is 0 Å². The average molecular weight is 491 g/mol. The van der Waals surface area contributed by atoms with Crippen LogP contribution < -0.4 is 20.3 Å². The molecule has 2 fully saturated rings. The number of hydrogen-bond donors (Lipinski definition) is 1. The number of carbonyl (C=O) groups excluding carboxylic acids is 3. The molecule has 0 atom stereocenters. The van der Waals surface area contributed by atoms with Crippen molar-refractivity contribution < 1.29 is 23.9 Å². The molecule has 2 N–H and O–H groups in total. The molecule has 2 aromatic carbocycles. The van der Waals surface area contributed by atoms with E-state index in [1.807, 2.05) is 29.2 Å². The van der Waals surface area contributed by atoms with E-state index in [0.717, 1.165) is 18.7 Å². The molecular formula is C27H30N4O5. The maximum Gasteiger partial charge on any atom is 0.354 e. The summed E-state index contributed by atoms with van der Waals surface area (Å²) in [5, 5.41) is 0. The maximum atomic E-state index is 13.7. The van der Waals surface area contributed by atoms with E-state index < -0.39 is 5.97 Å². The van der Waals surface area contributed by atoms with Gasteiger partial charge in [0.15, 0.2) is 5.78 Å². The molecule has 0 spiro atoms. The summed E-state index contributed by atoms with van der Waals surface area (Å²) in [6.07, 6.45) is 1.80. The Kier molecular flexibility index (Phi) is 7.68. The van der Waals surface area contributed by atoms with Gasteiger partial charge in [-0.3, -0.25) is 9.59 Å². The quantitative estimate of drug-likeness (QED) is 0.489. The predicted octanol–water partition coefficient (Wildman–Crippen LogP) is 3.15. The van der Waals surface area contributed by atoms with Crippen LogP contribution >= 0.6 is 0 Å². The lowest BCUT2D eigenvalue weighted by atomic mass is 9.97. The van der Waals surface area contributed by atoms with Crippen molar-refractivity contribution in [2.75, 3.05) is 43.2 Å². The second-order valence-electron chi connectivity index (χ2n) is 8.56. The lowest BCUT2D eigenvalue weighted by Crippen LogP contribution is -2.44. The number of amides is 1. The highest BCUT2D eigenvalue weighted by molar-refractivity contribution is 6.51. The molecule has 9 nitrogen and oxygen atoms in total. The fourth-order valence-corrected chi connectivity index (χ4v) is 4.34. The van der Waals surface area contributed by atoms with Crippen LogP contribution in [0.25, 0.3) is 0 Å². The summed E-state index contributed by atoms with van der Waals surface area (Å²) in [5.41, 5.74) is 8.65. The lowest BCUT2D eigenvalue weighted by Gasteiger charge is -2.31. The molecule has 36 heavy (non-hydrogen) atoms. The number of Topliss-reactive ketones (excluding diaryl/α,β-unsaturated/α-hetero) is 1. The van der Waals surface area contributed by atoms with Crippen LogP contribution in [0.1, 0.15) is 26.2 Å². The summed E-state index contributed by atoms with van der Waals surface area (Å²) >= 11 is 0. The third-order valence-electron chi connectivity index (χ3n) is 6.23. The van der Waals surface area contributed by atoms with Gasteiger partial charge in [-0.25, -0.2) is 9.79 Å². The summed E-state index contributed by atoms with van der Waals surface area (Å²) in [6, 6.07) is 14.5. The minimum Gasteiger partial charge on any atom is -0.497 e. The van der Waals surface area contributed by atoms with E-state index >= 15 is 0 Å². The second kappa shape index (κ2) is 11.1. The third kappa shape index (κ3) is 5.40. The number of ketones is 1. The highest BCUT2D eigenvalue weighted by Crippen LogP contribution is 2.29. The van der Waals surface area contributed by atoms with Crippen molar-refractivity contribution in [1.29, 1.82) is 0 Å². The molecule has 0 aliphatic carbocycles. The highest BCUT2D eigenvalue weighted by Gasteiger charge is 2.33. The molecule has 0 unspecified atom stereocenters. The molecule has 2 saturated heterocycles. The molecule has 0 bridgehead atoms. The van der Waals surface area contributed by atoms with Gasteiger partial charge in [-0.05, 0) is 68.3 Å². The van der Waals surface area contributed by atoms with Crippen LogP contribution in [-0.4, -0.2) is 56.7 Å². The van der Waals surface area contributed by atoms with Crippen molar-refractivity contribution in [1.82, 2.24) is 0 Å². The van der Waals surface area contributed by atoms with E-state index in [1.54, 1.807) is 43.2 Å². The molecule has 0 aromatic heterocycles. The molecule has 1 amide bonds. The molecule has 0 saturated carbocycles. The number of rotatable bonds is 6. The Hall–Kier alpha value is -4.14. The number of anilines is 2. The number of benzene rings is 2. The third-order valence-corrected chi connectivity index (χ3v) is 6.23. The smallest absolute Gasteiger partial charge is 0.354 e. The molecule has 2 aromatic rings. The Morgan fingerprint density at radius 1 is 1.00 bits per heavy atom. The summed E-state index contributed by atoms with van der Waals surface area (Å²) in [6.45, 7) is 3.43. The van der Waals surface area contributed by atoms with Crippen LogP contribution in [0.4, 0.5) is 17.1 Å². The first-order valence-corrected chi connectivity index (χ1v) is 12.0. The number of hydrogen-bond acceptors (Lipinski definition) is 8. The summed E-state index contributed by atoms with van der Waals surface area (Å²) < 4.78 is 10.3. The highest BCUT2D eigenvalue weighted by atomic mass is 16.5. The molecule has 2 aliphatic heterocycles. The number of nitrogens with zero attached hydrogens (tertiary/aromatic N) is 3. The standard InChI is InChI=1S/C27H30N4O5/c1-3-36-27(34)24(28)23-14-16-31(26(33)25(23)29-18-6-12-22(35-2)13-7-18)20-10-8-19(9-11-20)30-15-4-5-21(32)17-30/h6-13H,3-5,14-17,28H2,1-2H3. The van der Waals surface area contributed by atoms with Crippen LogP contribution in [0.3, 0.4) is 0 Å². The second-order valence-corrected chi connectivity index (χ2v) is 8.56. The molecule has 4 rings (SSSR count). The molecular weight excluding hydrogens is 460 g/mol. The lowest BCUT2D eigenvalue weighted by molar-refractivity contribution is -0.138. The van der Waals surface area contributed by atoms with E-state index in [4.69, 9.17) is 15.2 Å². The Morgan fingerprint density at radius 2 is 1.69 bits per heavy atom. The number of nitrogens with two attached hydrogens (primary N) is 1. The zero-order chi connectivity index (χ0) is 25.7. The van der Waals surface area contributed by atoms with Crippen molar-refractivity contribution in [2.24, 2.45) is 10.7 Å². The first kappa shape index (κ1) is 25.0. The fraction of sp³-hybridized carbons (Fsp3) is 0.333. The van der Waals surface area contributed by atoms with Gasteiger partial charge in [0.05, 0.1) is 25.9 Å². The molecule has 2 aliphatic rings. The molecule has 9 heteroatoms. The first-order valence-electron chi connectivity index (χ1n) is 12.0. The van der Waals surface area contributed by atoms with Gasteiger partial charge >= 0.3 is 5.97 Å². The Morgan fingerprint density at radius 3 is 2.33 bits per heavy atom. The maximum absolute atomic E-state index is 13.7. The number of esters is 1. The predicted molar refractivity (Wildman–Crippen MR) is 138 cm³/mol. The largest absolute Gasteiger partial charge is 0.497 e. The van der Waals surface area contributed by atoms with E-state index in [9.17, 15) is 14.4 Å². The molecule has 188 valence electrons. The van der Waals surface area contributed by atoms with Gasteiger partial charge in [-0.2, -0.15) is 0 Å². The monoisotopic (exact) mass is 490 g/mol. The summed E-state index contributed by atoms with van der Waals surface area (Å²) in [5.74, 6) is -0.140. The van der Waals surface area contributed by atoms with Crippen molar-refractivity contribution in [2.45, 2.75) is 26.2 Å².